The summed E-state index contributed by atoms with van der Waals surface area (Å²) in [6.07, 6.45) is 0.478. The molecule has 1 saturated heterocycles. The van der Waals surface area contributed by atoms with Crippen LogP contribution in [0.25, 0.3) is 0 Å². The number of benzene rings is 2. The normalized spacial score (nSPS) is 14.6. The highest BCUT2D eigenvalue weighted by Crippen LogP contribution is 2.27. The predicted octanol–water partition coefficient (Wildman–Crippen LogP) is 2.23. The zero-order valence-corrected chi connectivity index (χ0v) is 17.9. The lowest BCUT2D eigenvalue weighted by Gasteiger charge is -2.36. The molecule has 0 amide bonds. The van der Waals surface area contributed by atoms with Crippen molar-refractivity contribution in [2.24, 2.45) is 0 Å². The Morgan fingerprint density at radius 2 is 1.84 bits per heavy atom. The third kappa shape index (κ3) is 5.45. The highest BCUT2D eigenvalue weighted by Gasteiger charge is 2.22. The molecule has 9 nitrogen and oxygen atoms in total. The number of nitrogens with one attached hydrogen (secondary N) is 1. The van der Waals surface area contributed by atoms with Gasteiger partial charge in [-0.15, -0.1) is 0 Å². The third-order valence-corrected chi connectivity index (χ3v) is 6.51. The minimum atomic E-state index is -3.96. The van der Waals surface area contributed by atoms with Crippen LogP contribution in [0.15, 0.2) is 47.4 Å². The van der Waals surface area contributed by atoms with Gasteiger partial charge in [-0.3, -0.25) is 9.62 Å². The van der Waals surface area contributed by atoms with Crippen molar-refractivity contribution in [1.82, 2.24) is 4.90 Å². The molecule has 0 spiro atoms. The molecule has 0 unspecified atom stereocenters. The number of ether oxygens (including phenoxy) is 1. The van der Waals surface area contributed by atoms with Crippen LogP contribution in [0.3, 0.4) is 0 Å². The number of rotatable bonds is 8. The van der Waals surface area contributed by atoms with Crippen LogP contribution in [0.2, 0.25) is 0 Å². The summed E-state index contributed by atoms with van der Waals surface area (Å²) in [5, 5.41) is 18.4. The SMILES string of the molecule is COc1ccc(S(=O)(=O)Nc2ccc(N3CCN(CCC#N)CC3)cc2C(=O)O)cc1. The van der Waals surface area contributed by atoms with Crippen molar-refractivity contribution >= 4 is 27.4 Å². The number of nitriles is 1. The number of sulfonamides is 1. The fourth-order valence-electron chi connectivity index (χ4n) is 3.39. The first-order valence-electron chi connectivity index (χ1n) is 9.72. The van der Waals surface area contributed by atoms with E-state index in [2.05, 4.69) is 20.6 Å². The van der Waals surface area contributed by atoms with Gasteiger partial charge in [-0.25, -0.2) is 13.2 Å². The Hall–Kier alpha value is -3.29. The van der Waals surface area contributed by atoms with Crippen LogP contribution in [0, 0.1) is 11.3 Å². The molecule has 3 rings (SSSR count). The molecule has 1 aliphatic heterocycles. The van der Waals surface area contributed by atoms with Crippen LogP contribution >= 0.6 is 0 Å². The Balaban J connectivity index is 1.78. The fourth-order valence-corrected chi connectivity index (χ4v) is 4.47. The van der Waals surface area contributed by atoms with Gasteiger partial charge in [-0.1, -0.05) is 0 Å². The highest BCUT2D eigenvalue weighted by atomic mass is 32.2. The quantitative estimate of drug-likeness (QED) is 0.635. The summed E-state index contributed by atoms with van der Waals surface area (Å²) in [6, 6.07) is 12.6. The molecule has 10 heteroatoms. The van der Waals surface area contributed by atoms with Gasteiger partial charge in [0.15, 0.2) is 0 Å². The maximum atomic E-state index is 12.7. The Kier molecular flexibility index (Phi) is 6.99. The molecule has 1 aliphatic rings. The Bertz CT molecular complexity index is 1070. The molecule has 0 saturated carbocycles. The van der Waals surface area contributed by atoms with Crippen LogP contribution in [-0.4, -0.2) is 64.2 Å². The molecule has 1 fully saturated rings. The fraction of sp³-hybridized carbons (Fsp3) is 0.333. The first-order chi connectivity index (χ1) is 14.8. The van der Waals surface area contributed by atoms with E-state index in [0.29, 0.717) is 30.9 Å². The summed E-state index contributed by atoms with van der Waals surface area (Å²) in [5.74, 6) is -0.704. The van der Waals surface area contributed by atoms with Crippen molar-refractivity contribution < 1.29 is 23.1 Å². The average molecular weight is 445 g/mol. The Labute approximate surface area is 181 Å². The van der Waals surface area contributed by atoms with Gasteiger partial charge in [0, 0.05) is 44.8 Å². The summed E-state index contributed by atoms with van der Waals surface area (Å²) >= 11 is 0. The van der Waals surface area contributed by atoms with Crippen LogP contribution in [0.4, 0.5) is 11.4 Å². The van der Waals surface area contributed by atoms with E-state index in [-0.39, 0.29) is 16.1 Å². The first kappa shape index (κ1) is 22.4. The molecule has 2 N–H and O–H groups in total. The summed E-state index contributed by atoms with van der Waals surface area (Å²) in [4.78, 5) is 16.1. The number of carboxylic acids is 1. The van der Waals surface area contributed by atoms with Crippen molar-refractivity contribution in [3.63, 3.8) is 0 Å². The molecular formula is C21H24N4O5S. The number of carbonyl (C=O) groups is 1. The maximum absolute atomic E-state index is 12.7. The first-order valence-corrected chi connectivity index (χ1v) is 11.2. The predicted molar refractivity (Wildman–Crippen MR) is 116 cm³/mol. The van der Waals surface area contributed by atoms with Crippen molar-refractivity contribution in [2.75, 3.05) is 49.5 Å². The number of carboxylic acid groups (broad SMARTS) is 1. The summed E-state index contributed by atoms with van der Waals surface area (Å²) in [6.45, 7) is 3.66. The van der Waals surface area contributed by atoms with E-state index in [1.54, 1.807) is 6.07 Å². The lowest BCUT2D eigenvalue weighted by atomic mass is 10.1. The molecule has 31 heavy (non-hydrogen) atoms. The third-order valence-electron chi connectivity index (χ3n) is 5.12. The molecular weight excluding hydrogens is 420 g/mol. The van der Waals surface area contributed by atoms with Gasteiger partial charge in [0.25, 0.3) is 10.0 Å². The van der Waals surface area contributed by atoms with Gasteiger partial charge in [-0.05, 0) is 42.5 Å². The lowest BCUT2D eigenvalue weighted by molar-refractivity contribution is 0.0698. The molecule has 2 aromatic rings. The summed E-state index contributed by atoms with van der Waals surface area (Å²) < 4.78 is 32.8. The largest absolute Gasteiger partial charge is 0.497 e. The van der Waals surface area contributed by atoms with Crippen molar-refractivity contribution in [3.05, 3.63) is 48.0 Å². The van der Waals surface area contributed by atoms with Gasteiger partial charge in [0.1, 0.15) is 5.75 Å². The molecule has 0 radical (unpaired) electrons. The Morgan fingerprint density at radius 3 is 2.42 bits per heavy atom. The van der Waals surface area contributed by atoms with Gasteiger partial charge < -0.3 is 14.7 Å². The van der Waals surface area contributed by atoms with Crippen molar-refractivity contribution in [2.45, 2.75) is 11.3 Å². The van der Waals surface area contributed by atoms with Gasteiger partial charge in [0.05, 0.1) is 29.3 Å². The minimum absolute atomic E-state index is 0.000255. The zero-order chi connectivity index (χ0) is 22.4. The second kappa shape index (κ2) is 9.68. The maximum Gasteiger partial charge on any atom is 0.337 e. The number of hydrogen-bond acceptors (Lipinski definition) is 7. The van der Waals surface area contributed by atoms with Crippen LogP contribution in [-0.2, 0) is 10.0 Å². The smallest absolute Gasteiger partial charge is 0.337 e. The number of piperazine rings is 1. The van der Waals surface area contributed by atoms with Crippen molar-refractivity contribution in [1.29, 1.82) is 5.26 Å². The molecule has 0 aliphatic carbocycles. The number of hydrogen-bond donors (Lipinski definition) is 2. The van der Waals surface area contributed by atoms with Gasteiger partial charge in [-0.2, -0.15) is 5.26 Å². The molecule has 1 heterocycles. The standard InChI is InChI=1S/C21H24N4O5S/c1-30-17-4-6-18(7-5-17)31(28,29)23-20-8-3-16(15-19(20)21(26)27)25-13-11-24(12-14-25)10-2-9-22/h3-8,15,23H,2,10-14H2,1H3,(H,26,27). The van der Waals surface area contributed by atoms with Gasteiger partial charge in [0.2, 0.25) is 0 Å². The second-order valence-corrected chi connectivity index (χ2v) is 8.74. The van der Waals surface area contributed by atoms with E-state index < -0.39 is 16.0 Å². The molecule has 0 bridgehead atoms. The van der Waals surface area contributed by atoms with E-state index in [1.807, 2.05) is 0 Å². The summed E-state index contributed by atoms with van der Waals surface area (Å²) in [5.41, 5.74) is 0.589. The van der Waals surface area contributed by atoms with Crippen LogP contribution in [0.5, 0.6) is 5.75 Å². The lowest BCUT2D eigenvalue weighted by Crippen LogP contribution is -2.46. The number of anilines is 2. The second-order valence-electron chi connectivity index (χ2n) is 7.05. The van der Waals surface area contributed by atoms with Crippen LogP contribution in [0.1, 0.15) is 16.8 Å². The summed E-state index contributed by atoms with van der Waals surface area (Å²) in [7, 11) is -2.48. The minimum Gasteiger partial charge on any atom is -0.497 e. The number of aromatic carboxylic acids is 1. The van der Waals surface area contributed by atoms with E-state index in [4.69, 9.17) is 10.00 Å². The van der Waals surface area contributed by atoms with E-state index in [9.17, 15) is 18.3 Å². The zero-order valence-electron chi connectivity index (χ0n) is 17.1. The van der Waals surface area contributed by atoms with E-state index >= 15 is 0 Å². The number of methoxy groups -OCH3 is 1. The average Bonchev–Trinajstić information content (AvgIpc) is 2.78. The molecule has 0 atom stereocenters. The van der Waals surface area contributed by atoms with E-state index in [0.717, 1.165) is 19.6 Å². The van der Waals surface area contributed by atoms with Crippen molar-refractivity contribution in [3.8, 4) is 11.8 Å². The number of nitrogens with zero attached hydrogens (tertiary/aromatic N) is 3. The topological polar surface area (TPSA) is 123 Å². The molecule has 2 aromatic carbocycles. The van der Waals surface area contributed by atoms with Crippen LogP contribution < -0.4 is 14.4 Å². The highest BCUT2D eigenvalue weighted by molar-refractivity contribution is 7.92. The van der Waals surface area contributed by atoms with Gasteiger partial charge >= 0.3 is 5.97 Å². The molecule has 0 aromatic heterocycles. The molecule has 164 valence electrons. The monoisotopic (exact) mass is 444 g/mol. The Morgan fingerprint density at radius 1 is 1.16 bits per heavy atom. The van der Waals surface area contributed by atoms with E-state index in [1.165, 1.54) is 43.5 Å².